The summed E-state index contributed by atoms with van der Waals surface area (Å²) in [5, 5.41) is 3.30. The predicted molar refractivity (Wildman–Crippen MR) is 243 cm³/mol. The maximum atomic E-state index is 7.44. The van der Waals surface area contributed by atoms with E-state index in [4.69, 9.17) is 11.6 Å². The third-order valence-electron chi connectivity index (χ3n) is 14.6. The summed E-state index contributed by atoms with van der Waals surface area (Å²) in [6.45, 7) is 24.0. The van der Waals surface area contributed by atoms with Gasteiger partial charge in [-0.05, 0) is 136 Å². The summed E-state index contributed by atoms with van der Waals surface area (Å²) in [7, 11) is 0. The Balaban J connectivity index is 1.33. The molecule has 3 heterocycles. The number of rotatable bonds is 2. The third-order valence-corrected chi connectivity index (χ3v) is 14.8. The second-order valence-corrected chi connectivity index (χ2v) is 20.4. The van der Waals surface area contributed by atoms with Gasteiger partial charge in [-0.15, -0.1) is 0 Å². The molecule has 282 valence electrons. The first-order chi connectivity index (χ1) is 26.5. The molecule has 1 fully saturated rings. The van der Waals surface area contributed by atoms with Gasteiger partial charge in [0.2, 0.25) is 0 Å². The molecule has 6 aromatic carbocycles. The normalized spacial score (nSPS) is 20.9. The predicted octanol–water partition coefficient (Wildman–Crippen LogP) is 12.7. The number of nitrogens with zero attached hydrogens (tertiary/aromatic N) is 2. The summed E-state index contributed by atoms with van der Waals surface area (Å²) in [4.78, 5) is 5.38. The lowest BCUT2D eigenvalue weighted by molar-refractivity contribution is 0.194. The number of halogens is 1. The van der Waals surface area contributed by atoms with Crippen LogP contribution in [0.2, 0.25) is 5.02 Å². The van der Waals surface area contributed by atoms with Crippen molar-refractivity contribution in [3.05, 3.63) is 130 Å². The van der Waals surface area contributed by atoms with E-state index in [1.54, 1.807) is 5.56 Å². The van der Waals surface area contributed by atoms with Crippen LogP contribution in [0.4, 0.5) is 28.4 Å². The quantitative estimate of drug-likeness (QED) is 0.162. The van der Waals surface area contributed by atoms with Crippen LogP contribution in [0.5, 0.6) is 0 Å². The summed E-state index contributed by atoms with van der Waals surface area (Å²) in [5.41, 5.74) is 20.1. The Hall–Kier alpha value is -4.47. The standard InChI is InChI=1S/C52H54BClN2/c1-31-25-32(2)46-48-45(31)51(9)23-13-14-24-52(51,10)56(48)44-30-38(54)29-43-47(44)53(46)40-28-37(50(6,7)8)20-22-42(40)55(43)41-21-19-36(49(3,4)5)27-39(41)35-18-17-33-15-11-12-16-34(33)26-35/h11-12,15-22,25-30H,13-14,23-24H2,1-10H3. The van der Waals surface area contributed by atoms with E-state index >= 15 is 0 Å². The minimum Gasteiger partial charge on any atom is -0.335 e. The van der Waals surface area contributed by atoms with Gasteiger partial charge in [-0.3, -0.25) is 0 Å². The Morgan fingerprint density at radius 3 is 2.02 bits per heavy atom. The summed E-state index contributed by atoms with van der Waals surface area (Å²) >= 11 is 7.44. The molecular weight excluding hydrogens is 699 g/mol. The molecule has 0 spiro atoms. The molecule has 0 amide bonds. The molecule has 0 aromatic heterocycles. The van der Waals surface area contributed by atoms with Crippen LogP contribution in [-0.2, 0) is 16.2 Å². The zero-order valence-corrected chi connectivity index (χ0v) is 35.7. The number of aryl methyl sites for hydroxylation is 2. The van der Waals surface area contributed by atoms with Crippen LogP contribution >= 0.6 is 11.6 Å². The second-order valence-electron chi connectivity index (χ2n) is 20.0. The van der Waals surface area contributed by atoms with Crippen LogP contribution in [0, 0.1) is 13.8 Å². The first-order valence-corrected chi connectivity index (χ1v) is 21.3. The van der Waals surface area contributed by atoms with E-state index in [2.05, 4.69) is 176 Å². The first-order valence-electron chi connectivity index (χ1n) is 20.9. The maximum absolute atomic E-state index is 7.44. The molecule has 0 radical (unpaired) electrons. The van der Waals surface area contributed by atoms with Crippen molar-refractivity contribution in [1.29, 1.82) is 0 Å². The lowest BCUT2D eigenvalue weighted by Crippen LogP contribution is -2.65. The Kier molecular flexibility index (Phi) is 7.56. The molecule has 3 aliphatic heterocycles. The zero-order valence-electron chi connectivity index (χ0n) is 34.9. The van der Waals surface area contributed by atoms with Crippen LogP contribution in [-0.4, -0.2) is 12.3 Å². The van der Waals surface area contributed by atoms with E-state index in [0.717, 1.165) is 11.4 Å². The van der Waals surface area contributed by atoms with Gasteiger partial charge >= 0.3 is 0 Å². The summed E-state index contributed by atoms with van der Waals surface area (Å²) in [6, 6.07) is 37.3. The highest BCUT2D eigenvalue weighted by Gasteiger charge is 2.62. The van der Waals surface area contributed by atoms with E-state index in [1.165, 1.54) is 108 Å². The van der Waals surface area contributed by atoms with Gasteiger partial charge in [0.25, 0.3) is 6.71 Å². The topological polar surface area (TPSA) is 6.48 Å². The Morgan fingerprint density at radius 1 is 0.625 bits per heavy atom. The molecule has 56 heavy (non-hydrogen) atoms. The number of hydrogen-bond donors (Lipinski definition) is 0. The Morgan fingerprint density at radius 2 is 1.29 bits per heavy atom. The zero-order chi connectivity index (χ0) is 39.3. The lowest BCUT2D eigenvalue weighted by Gasteiger charge is -2.53. The van der Waals surface area contributed by atoms with Gasteiger partial charge in [0.1, 0.15) is 0 Å². The molecule has 1 aliphatic carbocycles. The van der Waals surface area contributed by atoms with E-state index < -0.39 is 0 Å². The SMILES string of the molecule is Cc1cc(C)c2c3c1B1c4cc(C(C)(C)C)ccc4N(c4ccc(C(C)(C)C)cc4-c4ccc5ccccc5c4)c4cc(Cl)cc(c41)N3C1(C)CCCCC21C. The van der Waals surface area contributed by atoms with Crippen LogP contribution in [0.1, 0.15) is 109 Å². The molecule has 2 atom stereocenters. The summed E-state index contributed by atoms with van der Waals surface area (Å²) < 4.78 is 0. The highest BCUT2D eigenvalue weighted by Crippen LogP contribution is 2.63. The lowest BCUT2D eigenvalue weighted by atomic mass is 9.32. The second kappa shape index (κ2) is 11.8. The van der Waals surface area contributed by atoms with Crippen molar-refractivity contribution >= 4 is 73.9 Å². The average molecular weight is 753 g/mol. The van der Waals surface area contributed by atoms with Crippen LogP contribution in [0.3, 0.4) is 0 Å². The molecule has 0 N–H and O–H groups in total. The number of fused-ring (bicyclic) bond motifs is 8. The van der Waals surface area contributed by atoms with E-state index in [-0.39, 0.29) is 28.5 Å². The van der Waals surface area contributed by atoms with Gasteiger partial charge in [-0.1, -0.05) is 139 Å². The van der Waals surface area contributed by atoms with Crippen molar-refractivity contribution in [2.45, 2.75) is 117 Å². The number of benzene rings is 6. The van der Waals surface area contributed by atoms with E-state index in [1.807, 2.05) is 0 Å². The van der Waals surface area contributed by atoms with Crippen LogP contribution < -0.4 is 26.2 Å². The van der Waals surface area contributed by atoms with E-state index in [0.29, 0.717) is 0 Å². The Bertz CT molecular complexity index is 2660. The van der Waals surface area contributed by atoms with Gasteiger partial charge < -0.3 is 9.80 Å². The fraction of sp³-hybridized carbons (Fsp3) is 0.346. The molecule has 2 nitrogen and oxygen atoms in total. The number of hydrogen-bond acceptors (Lipinski definition) is 2. The van der Waals surface area contributed by atoms with Crippen molar-refractivity contribution in [2.24, 2.45) is 0 Å². The molecule has 4 heteroatoms. The highest BCUT2D eigenvalue weighted by atomic mass is 35.5. The molecule has 4 aliphatic rings. The molecule has 1 saturated carbocycles. The van der Waals surface area contributed by atoms with Crippen molar-refractivity contribution in [3.8, 4) is 11.1 Å². The monoisotopic (exact) mass is 752 g/mol. The van der Waals surface area contributed by atoms with Crippen LogP contribution in [0.25, 0.3) is 21.9 Å². The fourth-order valence-corrected chi connectivity index (χ4v) is 11.7. The molecule has 2 unspecified atom stereocenters. The molecule has 10 rings (SSSR count). The minimum absolute atomic E-state index is 0.00551. The fourth-order valence-electron chi connectivity index (χ4n) is 11.5. The number of anilines is 5. The van der Waals surface area contributed by atoms with Gasteiger partial charge in [0.15, 0.2) is 0 Å². The maximum Gasteiger partial charge on any atom is 0.252 e. The average Bonchev–Trinajstić information content (AvgIpc) is 3.37. The van der Waals surface area contributed by atoms with Crippen molar-refractivity contribution in [1.82, 2.24) is 0 Å². The first kappa shape index (κ1) is 35.9. The van der Waals surface area contributed by atoms with Gasteiger partial charge in [0, 0.05) is 38.8 Å². The third kappa shape index (κ3) is 4.82. The molecule has 6 aromatic rings. The molecule has 0 bridgehead atoms. The smallest absolute Gasteiger partial charge is 0.252 e. The van der Waals surface area contributed by atoms with Crippen molar-refractivity contribution < 1.29 is 0 Å². The largest absolute Gasteiger partial charge is 0.335 e. The van der Waals surface area contributed by atoms with Crippen LogP contribution in [0.15, 0.2) is 97.1 Å². The van der Waals surface area contributed by atoms with E-state index in [9.17, 15) is 0 Å². The van der Waals surface area contributed by atoms with Crippen molar-refractivity contribution in [3.63, 3.8) is 0 Å². The molecule has 0 saturated heterocycles. The van der Waals surface area contributed by atoms with Crippen molar-refractivity contribution in [2.75, 3.05) is 9.80 Å². The minimum atomic E-state index is -0.0622. The van der Waals surface area contributed by atoms with Gasteiger partial charge in [0.05, 0.1) is 11.2 Å². The summed E-state index contributed by atoms with van der Waals surface area (Å²) in [6.07, 6.45) is 4.88. The van der Waals surface area contributed by atoms with Gasteiger partial charge in [-0.25, -0.2) is 0 Å². The Labute approximate surface area is 340 Å². The molecular formula is C52H54BClN2. The highest BCUT2D eigenvalue weighted by molar-refractivity contribution is 7.00. The van der Waals surface area contributed by atoms with Gasteiger partial charge in [-0.2, -0.15) is 0 Å². The summed E-state index contributed by atoms with van der Waals surface area (Å²) in [5.74, 6) is 0.